The zero-order valence-electron chi connectivity index (χ0n) is 10.4. The van der Waals surface area contributed by atoms with E-state index in [0.717, 1.165) is 19.4 Å². The molecule has 5 heteroatoms. The topological polar surface area (TPSA) is 83.6 Å². The van der Waals surface area contributed by atoms with Crippen molar-refractivity contribution >= 4 is 11.9 Å². The van der Waals surface area contributed by atoms with Gasteiger partial charge in [-0.25, -0.2) is 0 Å². The summed E-state index contributed by atoms with van der Waals surface area (Å²) in [5.41, 5.74) is 5.37. The number of carbonyl (C=O) groups is 2. The molecule has 5 nitrogen and oxygen atoms in total. The number of piperidine rings is 1. The lowest BCUT2D eigenvalue weighted by Crippen LogP contribution is -2.42. The van der Waals surface area contributed by atoms with E-state index >= 15 is 0 Å². The van der Waals surface area contributed by atoms with Crippen LogP contribution in [0.1, 0.15) is 32.6 Å². The molecule has 98 valence electrons. The molecular weight excluding hydrogens is 220 g/mol. The predicted molar refractivity (Wildman–Crippen MR) is 64.4 cm³/mol. The Kier molecular flexibility index (Phi) is 5.41. The van der Waals surface area contributed by atoms with E-state index in [9.17, 15) is 9.59 Å². The number of carboxylic acid groups (broad SMARTS) is 1. The number of likely N-dealkylation sites (tertiary alicyclic amines) is 1. The van der Waals surface area contributed by atoms with Crippen LogP contribution in [0.25, 0.3) is 0 Å². The van der Waals surface area contributed by atoms with Gasteiger partial charge in [0, 0.05) is 32.5 Å². The second-order valence-corrected chi connectivity index (χ2v) is 4.86. The first-order valence-electron chi connectivity index (χ1n) is 6.24. The molecule has 17 heavy (non-hydrogen) atoms. The van der Waals surface area contributed by atoms with Gasteiger partial charge in [-0.15, -0.1) is 0 Å². The van der Waals surface area contributed by atoms with E-state index < -0.39 is 5.97 Å². The SMILES string of the molecule is CC(CC(=O)O)C1CCCN(C(=O)CCN)C1. The number of hydrogen-bond acceptors (Lipinski definition) is 3. The molecule has 0 spiro atoms. The van der Waals surface area contributed by atoms with Gasteiger partial charge in [0.05, 0.1) is 0 Å². The van der Waals surface area contributed by atoms with Gasteiger partial charge in [0.25, 0.3) is 0 Å². The first-order chi connectivity index (χ1) is 8.04. The van der Waals surface area contributed by atoms with E-state index in [-0.39, 0.29) is 18.2 Å². The molecular formula is C12H22N2O3. The Balaban J connectivity index is 2.48. The van der Waals surface area contributed by atoms with Gasteiger partial charge in [-0.1, -0.05) is 6.92 Å². The summed E-state index contributed by atoms with van der Waals surface area (Å²) in [5.74, 6) is -0.231. The van der Waals surface area contributed by atoms with E-state index in [2.05, 4.69) is 0 Å². The number of aliphatic carboxylic acids is 1. The normalized spacial score (nSPS) is 22.2. The number of nitrogens with two attached hydrogens (primary N) is 1. The van der Waals surface area contributed by atoms with Crippen molar-refractivity contribution in [1.82, 2.24) is 4.90 Å². The van der Waals surface area contributed by atoms with Gasteiger partial charge in [0.2, 0.25) is 5.91 Å². The van der Waals surface area contributed by atoms with Crippen molar-refractivity contribution < 1.29 is 14.7 Å². The van der Waals surface area contributed by atoms with E-state index in [1.165, 1.54) is 0 Å². The van der Waals surface area contributed by atoms with Crippen LogP contribution in [-0.4, -0.2) is 41.5 Å². The fraction of sp³-hybridized carbons (Fsp3) is 0.833. The number of amides is 1. The fourth-order valence-electron chi connectivity index (χ4n) is 2.42. The number of carbonyl (C=O) groups excluding carboxylic acids is 1. The van der Waals surface area contributed by atoms with Crippen molar-refractivity contribution in [2.45, 2.75) is 32.6 Å². The summed E-state index contributed by atoms with van der Waals surface area (Å²) in [6.45, 7) is 3.81. The minimum atomic E-state index is -0.761. The first-order valence-corrected chi connectivity index (χ1v) is 6.24. The maximum Gasteiger partial charge on any atom is 0.303 e. The highest BCUT2D eigenvalue weighted by Gasteiger charge is 2.27. The molecule has 2 atom stereocenters. The molecule has 0 aromatic carbocycles. The van der Waals surface area contributed by atoms with E-state index in [0.29, 0.717) is 25.4 Å². The van der Waals surface area contributed by atoms with E-state index in [1.807, 2.05) is 11.8 Å². The molecule has 2 unspecified atom stereocenters. The molecule has 1 fully saturated rings. The third kappa shape index (κ3) is 4.34. The molecule has 0 aromatic heterocycles. The van der Waals surface area contributed by atoms with Gasteiger partial charge in [-0.2, -0.15) is 0 Å². The minimum Gasteiger partial charge on any atom is -0.481 e. The minimum absolute atomic E-state index is 0.0970. The molecule has 0 aromatic rings. The van der Waals surface area contributed by atoms with Crippen molar-refractivity contribution in [3.05, 3.63) is 0 Å². The van der Waals surface area contributed by atoms with Gasteiger partial charge >= 0.3 is 5.97 Å². The van der Waals surface area contributed by atoms with Crippen molar-refractivity contribution in [3.63, 3.8) is 0 Å². The largest absolute Gasteiger partial charge is 0.481 e. The molecule has 1 aliphatic heterocycles. The highest BCUT2D eigenvalue weighted by Crippen LogP contribution is 2.26. The molecule has 1 saturated heterocycles. The maximum atomic E-state index is 11.7. The van der Waals surface area contributed by atoms with Crippen molar-refractivity contribution in [3.8, 4) is 0 Å². The van der Waals surface area contributed by atoms with Crippen LogP contribution >= 0.6 is 0 Å². The Hall–Kier alpha value is -1.10. The van der Waals surface area contributed by atoms with Gasteiger partial charge < -0.3 is 15.7 Å². The van der Waals surface area contributed by atoms with Crippen LogP contribution in [0, 0.1) is 11.8 Å². The summed E-state index contributed by atoms with van der Waals surface area (Å²) in [5, 5.41) is 8.78. The van der Waals surface area contributed by atoms with Crippen LogP contribution in [0.4, 0.5) is 0 Å². The highest BCUT2D eigenvalue weighted by atomic mass is 16.4. The van der Waals surface area contributed by atoms with Crippen molar-refractivity contribution in [2.24, 2.45) is 17.6 Å². The number of carboxylic acids is 1. The van der Waals surface area contributed by atoms with Crippen LogP contribution in [0.2, 0.25) is 0 Å². The average molecular weight is 242 g/mol. The van der Waals surface area contributed by atoms with Crippen LogP contribution in [-0.2, 0) is 9.59 Å². The highest BCUT2D eigenvalue weighted by molar-refractivity contribution is 5.76. The summed E-state index contributed by atoms with van der Waals surface area (Å²) in [4.78, 5) is 24.2. The van der Waals surface area contributed by atoms with Gasteiger partial charge in [0.1, 0.15) is 0 Å². The van der Waals surface area contributed by atoms with Crippen LogP contribution in [0.15, 0.2) is 0 Å². The molecule has 0 aliphatic carbocycles. The monoisotopic (exact) mass is 242 g/mol. The summed E-state index contributed by atoms with van der Waals surface area (Å²) in [6.07, 6.45) is 2.55. The first kappa shape index (κ1) is 14.0. The average Bonchev–Trinajstić information content (AvgIpc) is 2.28. The molecule has 1 heterocycles. The standard InChI is InChI=1S/C12H22N2O3/c1-9(7-12(16)17)10-3-2-6-14(8-10)11(15)4-5-13/h9-10H,2-8,13H2,1H3,(H,16,17). The third-order valence-corrected chi connectivity index (χ3v) is 3.47. The summed E-state index contributed by atoms with van der Waals surface area (Å²) >= 11 is 0. The Morgan fingerprint density at radius 3 is 2.82 bits per heavy atom. The molecule has 1 amide bonds. The Morgan fingerprint density at radius 1 is 1.53 bits per heavy atom. The Morgan fingerprint density at radius 2 is 2.24 bits per heavy atom. The van der Waals surface area contributed by atoms with Crippen LogP contribution in [0.5, 0.6) is 0 Å². The quantitative estimate of drug-likeness (QED) is 0.742. The summed E-state index contributed by atoms with van der Waals surface area (Å²) in [7, 11) is 0. The molecule has 0 saturated carbocycles. The third-order valence-electron chi connectivity index (χ3n) is 3.47. The van der Waals surface area contributed by atoms with E-state index in [1.54, 1.807) is 0 Å². The molecule has 1 aliphatic rings. The van der Waals surface area contributed by atoms with Gasteiger partial charge in [-0.3, -0.25) is 9.59 Å². The number of rotatable bonds is 5. The van der Waals surface area contributed by atoms with Crippen LogP contribution < -0.4 is 5.73 Å². The molecule has 3 N–H and O–H groups in total. The second-order valence-electron chi connectivity index (χ2n) is 4.86. The number of hydrogen-bond donors (Lipinski definition) is 2. The zero-order valence-corrected chi connectivity index (χ0v) is 10.4. The summed E-state index contributed by atoms with van der Waals surface area (Å²) < 4.78 is 0. The fourth-order valence-corrected chi connectivity index (χ4v) is 2.42. The van der Waals surface area contributed by atoms with E-state index in [4.69, 9.17) is 10.8 Å². The van der Waals surface area contributed by atoms with Gasteiger partial charge in [-0.05, 0) is 24.7 Å². The van der Waals surface area contributed by atoms with Gasteiger partial charge in [0.15, 0.2) is 0 Å². The lowest BCUT2D eigenvalue weighted by atomic mass is 9.84. The van der Waals surface area contributed by atoms with Crippen LogP contribution in [0.3, 0.4) is 0 Å². The van der Waals surface area contributed by atoms with Crippen molar-refractivity contribution in [1.29, 1.82) is 0 Å². The zero-order chi connectivity index (χ0) is 12.8. The molecule has 0 bridgehead atoms. The molecule has 1 rings (SSSR count). The van der Waals surface area contributed by atoms with Crippen molar-refractivity contribution in [2.75, 3.05) is 19.6 Å². The Bertz CT molecular complexity index is 281. The predicted octanol–water partition coefficient (Wildman–Crippen LogP) is 0.685. The molecule has 0 radical (unpaired) electrons. The summed E-state index contributed by atoms with van der Waals surface area (Å²) in [6, 6.07) is 0. The smallest absolute Gasteiger partial charge is 0.303 e. The number of nitrogens with zero attached hydrogens (tertiary/aromatic N) is 1. The maximum absolute atomic E-state index is 11.7. The Labute approximate surface area is 102 Å². The second kappa shape index (κ2) is 6.59. The lowest BCUT2D eigenvalue weighted by molar-refractivity contribution is -0.138. The lowest BCUT2D eigenvalue weighted by Gasteiger charge is -2.35.